The molecule has 3 aromatic carbocycles. The highest BCUT2D eigenvalue weighted by Gasteiger charge is 2.22. The number of nitriles is 1. The smallest absolute Gasteiger partial charge is 0.339 e. The number of amides is 1. The quantitative estimate of drug-likeness (QED) is 0.200. The van der Waals surface area contributed by atoms with Gasteiger partial charge in [0.05, 0.1) is 11.1 Å². The summed E-state index contributed by atoms with van der Waals surface area (Å²) in [6.07, 6.45) is 1.39. The van der Waals surface area contributed by atoms with Gasteiger partial charge in [-0.1, -0.05) is 35.4 Å². The van der Waals surface area contributed by atoms with Gasteiger partial charge in [-0.15, -0.1) is 0 Å². The Morgan fingerprint density at radius 3 is 2.33 bits per heavy atom. The maximum Gasteiger partial charge on any atom is 0.339 e. The molecule has 1 amide bonds. The van der Waals surface area contributed by atoms with Crippen molar-refractivity contribution in [1.29, 1.82) is 5.26 Å². The summed E-state index contributed by atoms with van der Waals surface area (Å²) in [6.45, 7) is 7.65. The van der Waals surface area contributed by atoms with Crippen LogP contribution in [0.4, 0.5) is 5.69 Å². The van der Waals surface area contributed by atoms with Gasteiger partial charge in [-0.25, -0.2) is 0 Å². The maximum atomic E-state index is 12.8. The van der Waals surface area contributed by atoms with Gasteiger partial charge in [0.2, 0.25) is 0 Å². The minimum absolute atomic E-state index is 0.00116. The highest BCUT2D eigenvalue weighted by Crippen LogP contribution is 2.39. The molecule has 186 valence electrons. The second-order valence-corrected chi connectivity index (χ2v) is 10.5. The zero-order chi connectivity index (χ0) is 26.5. The number of nitrogens with zero attached hydrogens (tertiary/aromatic N) is 1. The number of rotatable bonds is 8. The first-order valence-corrected chi connectivity index (χ1v) is 13.2. The molecule has 0 unspecified atom stereocenters. The molecular formula is C27H25BrN2O5S. The van der Waals surface area contributed by atoms with E-state index >= 15 is 0 Å². The van der Waals surface area contributed by atoms with Gasteiger partial charge in [0.15, 0.2) is 11.5 Å². The van der Waals surface area contributed by atoms with E-state index in [4.69, 9.17) is 8.92 Å². The maximum absolute atomic E-state index is 12.8. The summed E-state index contributed by atoms with van der Waals surface area (Å²) in [5.74, 6) is -0.463. The molecule has 1 N–H and O–H groups in total. The summed E-state index contributed by atoms with van der Waals surface area (Å²) >= 11 is 3.34. The SMILES string of the molecule is CCOc1cc(/C=C(\C#N)C(=O)Nc2ccc(C)cc2C)cc(Br)c1OS(=O)(=O)c1ccc(C)cc1. The first kappa shape index (κ1) is 27.0. The molecule has 0 aromatic heterocycles. The molecule has 0 spiro atoms. The number of carbonyl (C=O) groups excluding carboxylic acids is 1. The summed E-state index contributed by atoms with van der Waals surface area (Å²) in [6, 6.07) is 16.8. The lowest BCUT2D eigenvalue weighted by Crippen LogP contribution is -2.14. The summed E-state index contributed by atoms with van der Waals surface area (Å²) in [5, 5.41) is 12.4. The van der Waals surface area contributed by atoms with Crippen molar-refractivity contribution in [3.63, 3.8) is 0 Å². The number of hydrogen-bond donors (Lipinski definition) is 1. The van der Waals surface area contributed by atoms with Gasteiger partial charge in [0, 0.05) is 5.69 Å². The lowest BCUT2D eigenvalue weighted by atomic mass is 10.1. The third kappa shape index (κ3) is 6.53. The first-order chi connectivity index (χ1) is 17.0. The lowest BCUT2D eigenvalue weighted by molar-refractivity contribution is -0.112. The molecule has 0 aliphatic rings. The number of benzene rings is 3. The normalized spacial score (nSPS) is 11.5. The van der Waals surface area contributed by atoms with E-state index < -0.39 is 16.0 Å². The van der Waals surface area contributed by atoms with Gasteiger partial charge < -0.3 is 14.2 Å². The van der Waals surface area contributed by atoms with Crippen LogP contribution < -0.4 is 14.2 Å². The van der Waals surface area contributed by atoms with Crippen LogP contribution in [0, 0.1) is 32.1 Å². The highest BCUT2D eigenvalue weighted by atomic mass is 79.9. The van der Waals surface area contributed by atoms with Gasteiger partial charge >= 0.3 is 10.1 Å². The number of aryl methyl sites for hydroxylation is 3. The van der Waals surface area contributed by atoms with Crippen molar-refractivity contribution in [3.8, 4) is 17.6 Å². The minimum atomic E-state index is -4.13. The third-order valence-corrected chi connectivity index (χ3v) is 6.97. The zero-order valence-corrected chi connectivity index (χ0v) is 22.7. The molecule has 0 heterocycles. The molecule has 7 nitrogen and oxygen atoms in total. The van der Waals surface area contributed by atoms with Crippen LogP contribution >= 0.6 is 15.9 Å². The van der Waals surface area contributed by atoms with Crippen molar-refractivity contribution in [3.05, 3.63) is 86.9 Å². The van der Waals surface area contributed by atoms with E-state index in [0.29, 0.717) is 11.3 Å². The van der Waals surface area contributed by atoms with E-state index in [0.717, 1.165) is 16.7 Å². The second-order valence-electron chi connectivity index (χ2n) is 8.06. The van der Waals surface area contributed by atoms with E-state index in [-0.39, 0.29) is 33.0 Å². The Morgan fingerprint density at radius 2 is 1.72 bits per heavy atom. The molecule has 0 bridgehead atoms. The Labute approximate surface area is 219 Å². The Morgan fingerprint density at radius 1 is 1.06 bits per heavy atom. The van der Waals surface area contributed by atoms with Crippen molar-refractivity contribution in [2.45, 2.75) is 32.6 Å². The number of ether oxygens (including phenoxy) is 1. The standard InChI is InChI=1S/C27H25BrN2O5S/c1-5-34-25-15-20(13-21(16-29)27(31)30-24-11-8-18(3)12-19(24)4)14-23(28)26(25)35-36(32,33)22-9-6-17(2)7-10-22/h6-15H,5H2,1-4H3,(H,30,31)/b21-13+. The molecule has 36 heavy (non-hydrogen) atoms. The molecule has 0 radical (unpaired) electrons. The van der Waals surface area contributed by atoms with Crippen molar-refractivity contribution in [2.24, 2.45) is 0 Å². The van der Waals surface area contributed by atoms with Crippen molar-refractivity contribution < 1.29 is 22.1 Å². The molecule has 0 saturated heterocycles. The van der Waals surface area contributed by atoms with Gasteiger partial charge in [0.25, 0.3) is 5.91 Å². The number of anilines is 1. The van der Waals surface area contributed by atoms with Crippen LogP contribution in [0.2, 0.25) is 0 Å². The first-order valence-electron chi connectivity index (χ1n) is 11.0. The average Bonchev–Trinajstić information content (AvgIpc) is 2.82. The Hall–Kier alpha value is -3.61. The fourth-order valence-corrected chi connectivity index (χ4v) is 4.94. The van der Waals surface area contributed by atoms with Gasteiger partial charge in [-0.2, -0.15) is 13.7 Å². The van der Waals surface area contributed by atoms with Crippen LogP contribution in [-0.4, -0.2) is 20.9 Å². The average molecular weight is 569 g/mol. The lowest BCUT2D eigenvalue weighted by Gasteiger charge is -2.15. The number of hydrogen-bond acceptors (Lipinski definition) is 6. The molecule has 0 aliphatic heterocycles. The van der Waals surface area contributed by atoms with E-state index in [1.165, 1.54) is 24.3 Å². The Bertz CT molecular complexity index is 1470. The predicted molar refractivity (Wildman–Crippen MR) is 142 cm³/mol. The molecule has 0 fully saturated rings. The van der Waals surface area contributed by atoms with Gasteiger partial charge in [0.1, 0.15) is 16.5 Å². The van der Waals surface area contributed by atoms with Crippen molar-refractivity contribution in [1.82, 2.24) is 0 Å². The molecule has 0 atom stereocenters. The van der Waals surface area contributed by atoms with E-state index in [1.807, 2.05) is 39.0 Å². The highest BCUT2D eigenvalue weighted by molar-refractivity contribution is 9.10. The van der Waals surface area contributed by atoms with Gasteiger partial charge in [-0.05, 0) is 91.2 Å². The van der Waals surface area contributed by atoms with E-state index in [1.54, 1.807) is 31.2 Å². The summed E-state index contributed by atoms with van der Waals surface area (Å²) < 4.78 is 37.0. The van der Waals surface area contributed by atoms with Gasteiger partial charge in [-0.3, -0.25) is 4.79 Å². The van der Waals surface area contributed by atoms with Crippen molar-refractivity contribution in [2.75, 3.05) is 11.9 Å². The molecule has 3 rings (SSSR count). The number of nitrogens with one attached hydrogen (secondary N) is 1. The second kappa shape index (κ2) is 11.4. The van der Waals surface area contributed by atoms with E-state index in [9.17, 15) is 18.5 Å². The van der Waals surface area contributed by atoms with Crippen LogP contribution in [0.1, 0.15) is 29.2 Å². The summed E-state index contributed by atoms with van der Waals surface area (Å²) in [5.41, 5.74) is 3.76. The van der Waals surface area contributed by atoms with Crippen LogP contribution in [0.25, 0.3) is 6.08 Å². The molecule has 9 heteroatoms. The fourth-order valence-electron chi connectivity index (χ4n) is 3.34. The largest absolute Gasteiger partial charge is 0.490 e. The number of halogens is 1. The molecule has 3 aromatic rings. The minimum Gasteiger partial charge on any atom is -0.490 e. The predicted octanol–water partition coefficient (Wildman–Crippen LogP) is 6.09. The number of carbonyl (C=O) groups is 1. The molecular weight excluding hydrogens is 544 g/mol. The fraction of sp³-hybridized carbons (Fsp3) is 0.185. The molecule has 0 aliphatic carbocycles. The van der Waals surface area contributed by atoms with Crippen molar-refractivity contribution >= 4 is 43.7 Å². The Kier molecular flexibility index (Phi) is 8.56. The Balaban J connectivity index is 1.94. The van der Waals surface area contributed by atoms with E-state index in [2.05, 4.69) is 21.2 Å². The van der Waals surface area contributed by atoms with Crippen LogP contribution in [0.5, 0.6) is 11.5 Å². The monoisotopic (exact) mass is 568 g/mol. The van der Waals surface area contributed by atoms with Crippen LogP contribution in [0.15, 0.2) is 69.5 Å². The van der Waals surface area contributed by atoms with Crippen LogP contribution in [-0.2, 0) is 14.9 Å². The molecule has 0 saturated carbocycles. The summed E-state index contributed by atoms with van der Waals surface area (Å²) in [7, 11) is -4.13. The van der Waals surface area contributed by atoms with Crippen LogP contribution in [0.3, 0.4) is 0 Å². The topological polar surface area (TPSA) is 105 Å². The zero-order valence-electron chi connectivity index (χ0n) is 20.3. The summed E-state index contributed by atoms with van der Waals surface area (Å²) in [4.78, 5) is 12.8. The third-order valence-electron chi connectivity index (χ3n) is 5.14.